The maximum Gasteiger partial charge on any atom is 0.350 e. The van der Waals surface area contributed by atoms with Gasteiger partial charge in [-0.15, -0.1) is 11.3 Å². The lowest BCUT2D eigenvalue weighted by molar-refractivity contribution is 0.0607. The lowest BCUT2D eigenvalue weighted by atomic mass is 10.2. The zero-order chi connectivity index (χ0) is 25.0. The number of nitrogens with one attached hydrogen (secondary N) is 1. The summed E-state index contributed by atoms with van der Waals surface area (Å²) in [6.07, 6.45) is 0. The number of thiophene rings is 1. The molecule has 4 aromatic rings. The quantitative estimate of drug-likeness (QED) is 0.344. The van der Waals surface area contributed by atoms with Gasteiger partial charge in [-0.25, -0.2) is 13.2 Å². The number of carbonyl (C=O) groups is 2. The summed E-state index contributed by atoms with van der Waals surface area (Å²) in [7, 11) is -1.05. The fourth-order valence-electron chi connectivity index (χ4n) is 3.38. The molecule has 0 fully saturated rings. The summed E-state index contributed by atoms with van der Waals surface area (Å²) >= 11 is 1.22. The molecule has 1 heterocycles. The van der Waals surface area contributed by atoms with E-state index < -0.39 is 21.9 Å². The summed E-state index contributed by atoms with van der Waals surface area (Å²) in [5, 5.41) is 2.75. The topological polar surface area (TPSA) is 92.8 Å². The second-order valence-electron chi connectivity index (χ2n) is 7.50. The van der Waals surface area contributed by atoms with Crippen molar-refractivity contribution < 1.29 is 22.7 Å². The van der Waals surface area contributed by atoms with Gasteiger partial charge in [-0.05, 0) is 48.0 Å². The van der Waals surface area contributed by atoms with Gasteiger partial charge in [-0.2, -0.15) is 0 Å². The summed E-state index contributed by atoms with van der Waals surface area (Å²) in [5.41, 5.74) is 2.00. The third kappa shape index (κ3) is 5.11. The SMILES string of the molecule is COC(=O)c1sc(-c2ccccc2)cc1NC(=O)c1ccc(S(=O)(=O)N(C)c2ccccc2)cc1. The average Bonchev–Trinajstić information content (AvgIpc) is 3.32. The van der Waals surface area contributed by atoms with Crippen LogP contribution in [0.25, 0.3) is 10.4 Å². The van der Waals surface area contributed by atoms with E-state index in [9.17, 15) is 18.0 Å². The van der Waals surface area contributed by atoms with Crippen molar-refractivity contribution >= 4 is 44.6 Å². The molecule has 0 aliphatic carbocycles. The number of carbonyl (C=O) groups excluding carboxylic acids is 2. The zero-order valence-electron chi connectivity index (χ0n) is 19.0. The molecule has 0 unspecified atom stereocenters. The number of ether oxygens (including phenoxy) is 1. The van der Waals surface area contributed by atoms with Crippen LogP contribution in [0.3, 0.4) is 0 Å². The van der Waals surface area contributed by atoms with E-state index in [1.165, 1.54) is 54.1 Å². The van der Waals surface area contributed by atoms with Crippen molar-refractivity contribution in [3.8, 4) is 10.4 Å². The first-order valence-corrected chi connectivity index (χ1v) is 12.8. The van der Waals surface area contributed by atoms with Crippen LogP contribution in [0.4, 0.5) is 11.4 Å². The molecule has 3 aromatic carbocycles. The summed E-state index contributed by atoms with van der Waals surface area (Å²) < 4.78 is 32.0. The van der Waals surface area contributed by atoms with Crippen molar-refractivity contribution in [2.24, 2.45) is 0 Å². The first-order valence-electron chi connectivity index (χ1n) is 10.5. The second kappa shape index (κ2) is 10.1. The minimum absolute atomic E-state index is 0.0533. The summed E-state index contributed by atoms with van der Waals surface area (Å²) in [5.74, 6) is -1.04. The molecule has 7 nitrogen and oxygen atoms in total. The van der Waals surface area contributed by atoms with E-state index in [0.717, 1.165) is 10.4 Å². The molecule has 0 aliphatic heterocycles. The summed E-state index contributed by atoms with van der Waals surface area (Å²) in [6.45, 7) is 0. The highest BCUT2D eigenvalue weighted by atomic mass is 32.2. The summed E-state index contributed by atoms with van der Waals surface area (Å²) in [4.78, 5) is 26.3. The van der Waals surface area contributed by atoms with Crippen LogP contribution in [0.15, 0.2) is 95.9 Å². The van der Waals surface area contributed by atoms with Crippen molar-refractivity contribution in [1.82, 2.24) is 0 Å². The number of hydrogen-bond acceptors (Lipinski definition) is 6. The Kier molecular flexibility index (Phi) is 6.99. The monoisotopic (exact) mass is 506 g/mol. The van der Waals surface area contributed by atoms with Gasteiger partial charge in [0.15, 0.2) is 0 Å². The Morgan fingerprint density at radius 3 is 2.09 bits per heavy atom. The van der Waals surface area contributed by atoms with Gasteiger partial charge in [0, 0.05) is 17.5 Å². The standard InChI is InChI=1S/C26H22N2O5S2/c1-28(20-11-7-4-8-12-20)35(31,32)21-15-13-19(14-16-21)25(29)27-22-17-23(18-9-5-3-6-10-18)34-24(22)26(30)33-2/h3-17H,1-2H3,(H,27,29). The molecule has 0 bridgehead atoms. The predicted octanol–water partition coefficient (Wildman–Crippen LogP) is 5.28. The average molecular weight is 507 g/mol. The fraction of sp³-hybridized carbons (Fsp3) is 0.0769. The Balaban J connectivity index is 1.57. The largest absolute Gasteiger partial charge is 0.465 e. The van der Waals surface area contributed by atoms with Gasteiger partial charge in [0.25, 0.3) is 15.9 Å². The number of methoxy groups -OCH3 is 1. The summed E-state index contributed by atoms with van der Waals surface area (Å²) in [6, 6.07) is 25.5. The van der Waals surface area contributed by atoms with Crippen LogP contribution >= 0.6 is 11.3 Å². The Bertz CT molecular complexity index is 1450. The molecule has 0 aliphatic rings. The normalized spacial score (nSPS) is 11.0. The number of nitrogens with zero attached hydrogens (tertiary/aromatic N) is 1. The molecule has 178 valence electrons. The molecule has 1 aromatic heterocycles. The van der Waals surface area contributed by atoms with Crippen molar-refractivity contribution in [2.45, 2.75) is 4.90 Å². The maximum absolute atomic E-state index is 13.0. The number of benzene rings is 3. The molecule has 35 heavy (non-hydrogen) atoms. The molecule has 0 spiro atoms. The number of rotatable bonds is 7. The van der Waals surface area contributed by atoms with Crippen molar-refractivity contribution in [3.05, 3.63) is 101 Å². The van der Waals surface area contributed by atoms with E-state index in [-0.39, 0.29) is 15.3 Å². The van der Waals surface area contributed by atoms with Crippen LogP contribution in [0.5, 0.6) is 0 Å². The van der Waals surface area contributed by atoms with Gasteiger partial charge in [0.1, 0.15) is 4.88 Å². The Labute approximate surface area is 207 Å². The Hall–Kier alpha value is -3.95. The van der Waals surface area contributed by atoms with E-state index in [1.54, 1.807) is 36.4 Å². The van der Waals surface area contributed by atoms with Crippen LogP contribution in [0.1, 0.15) is 20.0 Å². The van der Waals surface area contributed by atoms with Crippen molar-refractivity contribution in [3.63, 3.8) is 0 Å². The highest BCUT2D eigenvalue weighted by Crippen LogP contribution is 2.35. The number of para-hydroxylation sites is 1. The molecule has 1 amide bonds. The molecule has 0 saturated carbocycles. The smallest absolute Gasteiger partial charge is 0.350 e. The van der Waals surface area contributed by atoms with Crippen LogP contribution in [0, 0.1) is 0 Å². The maximum atomic E-state index is 13.0. The fourth-order valence-corrected chi connectivity index (χ4v) is 5.61. The molecule has 9 heteroatoms. The predicted molar refractivity (Wildman–Crippen MR) is 138 cm³/mol. The third-order valence-corrected chi connectivity index (χ3v) is 8.27. The number of anilines is 2. The second-order valence-corrected chi connectivity index (χ2v) is 10.5. The highest BCUT2D eigenvalue weighted by molar-refractivity contribution is 7.92. The van der Waals surface area contributed by atoms with Crippen LogP contribution in [-0.2, 0) is 14.8 Å². The molecule has 0 atom stereocenters. The van der Waals surface area contributed by atoms with Crippen LogP contribution < -0.4 is 9.62 Å². The van der Waals surface area contributed by atoms with Crippen molar-refractivity contribution in [2.75, 3.05) is 23.8 Å². The molecule has 1 N–H and O–H groups in total. The van der Waals surface area contributed by atoms with Gasteiger partial charge >= 0.3 is 5.97 Å². The van der Waals surface area contributed by atoms with Crippen molar-refractivity contribution in [1.29, 1.82) is 0 Å². The Morgan fingerprint density at radius 2 is 1.49 bits per heavy atom. The van der Waals surface area contributed by atoms with E-state index in [2.05, 4.69) is 5.32 Å². The number of hydrogen-bond donors (Lipinski definition) is 1. The lowest BCUT2D eigenvalue weighted by Gasteiger charge is -2.19. The van der Waals surface area contributed by atoms with Gasteiger partial charge in [0.2, 0.25) is 0 Å². The van der Waals surface area contributed by atoms with Gasteiger partial charge in [-0.3, -0.25) is 9.10 Å². The van der Waals surface area contributed by atoms with Gasteiger partial charge in [-0.1, -0.05) is 48.5 Å². The lowest BCUT2D eigenvalue weighted by Crippen LogP contribution is -2.26. The first kappa shape index (κ1) is 24.2. The van der Waals surface area contributed by atoms with Gasteiger partial charge in [0.05, 0.1) is 23.4 Å². The van der Waals surface area contributed by atoms with E-state index >= 15 is 0 Å². The molecule has 0 radical (unpaired) electrons. The first-order chi connectivity index (χ1) is 16.8. The van der Waals surface area contributed by atoms with Gasteiger partial charge < -0.3 is 10.1 Å². The number of amides is 1. The third-order valence-electron chi connectivity index (χ3n) is 5.30. The molecular weight excluding hydrogens is 484 g/mol. The minimum Gasteiger partial charge on any atom is -0.465 e. The van der Waals surface area contributed by atoms with E-state index in [1.807, 2.05) is 30.3 Å². The van der Waals surface area contributed by atoms with E-state index in [4.69, 9.17) is 4.74 Å². The molecule has 0 saturated heterocycles. The zero-order valence-corrected chi connectivity index (χ0v) is 20.6. The van der Waals surface area contributed by atoms with Crippen LogP contribution in [0.2, 0.25) is 0 Å². The van der Waals surface area contributed by atoms with E-state index in [0.29, 0.717) is 11.4 Å². The molecule has 4 rings (SSSR count). The van der Waals surface area contributed by atoms with Crippen LogP contribution in [-0.4, -0.2) is 34.5 Å². The minimum atomic E-state index is -3.80. The number of esters is 1. The highest BCUT2D eigenvalue weighted by Gasteiger charge is 2.23. The number of sulfonamides is 1. The molecular formula is C26H22N2O5S2. The Morgan fingerprint density at radius 1 is 0.886 bits per heavy atom.